The molecule has 0 unspecified atom stereocenters. The predicted molar refractivity (Wildman–Crippen MR) is 124 cm³/mol. The van der Waals surface area contributed by atoms with Gasteiger partial charge in [-0.3, -0.25) is 13.8 Å². The number of nitrogens with zero attached hydrogens (tertiary/aromatic N) is 3. The van der Waals surface area contributed by atoms with Crippen LogP contribution in [-0.4, -0.2) is 31.2 Å². The molecule has 7 nitrogen and oxygen atoms in total. The summed E-state index contributed by atoms with van der Waals surface area (Å²) in [5.74, 6) is -0.204. The lowest BCUT2D eigenvalue weighted by atomic mass is 10.2. The van der Waals surface area contributed by atoms with Gasteiger partial charge in [0, 0.05) is 19.3 Å². The van der Waals surface area contributed by atoms with E-state index in [9.17, 15) is 13.2 Å². The first-order chi connectivity index (χ1) is 15.4. The monoisotopic (exact) mass is 446 g/mol. The van der Waals surface area contributed by atoms with E-state index in [0.717, 1.165) is 9.87 Å². The summed E-state index contributed by atoms with van der Waals surface area (Å²) in [6, 6.07) is 26.3. The summed E-state index contributed by atoms with van der Waals surface area (Å²) < 4.78 is 29.4. The van der Waals surface area contributed by atoms with Crippen molar-refractivity contribution in [3.8, 4) is 0 Å². The lowest BCUT2D eigenvalue weighted by Gasteiger charge is -2.21. The average molecular weight is 447 g/mol. The van der Waals surface area contributed by atoms with Crippen molar-refractivity contribution < 1.29 is 13.2 Å². The Bertz CT molecular complexity index is 1320. The molecule has 3 aromatic carbocycles. The number of amides is 1. The zero-order chi connectivity index (χ0) is 22.6. The number of para-hydroxylation sites is 1. The second-order valence-corrected chi connectivity index (χ2v) is 9.08. The van der Waals surface area contributed by atoms with E-state index in [1.54, 1.807) is 53.3 Å². The van der Waals surface area contributed by atoms with Gasteiger partial charge in [-0.05, 0) is 29.8 Å². The fraction of sp³-hybridized carbons (Fsp3) is 0.0833. The van der Waals surface area contributed by atoms with Crippen molar-refractivity contribution >= 4 is 27.4 Å². The molecular formula is C24H22N4O3S. The smallest absolute Gasteiger partial charge is 0.264 e. The van der Waals surface area contributed by atoms with E-state index in [1.807, 2.05) is 36.4 Å². The van der Waals surface area contributed by atoms with Gasteiger partial charge in [0.1, 0.15) is 4.90 Å². The van der Waals surface area contributed by atoms with Gasteiger partial charge < -0.3 is 5.32 Å². The van der Waals surface area contributed by atoms with E-state index in [-0.39, 0.29) is 10.5 Å². The molecule has 1 aromatic heterocycles. The molecular weight excluding hydrogens is 424 g/mol. The molecule has 0 saturated heterocycles. The summed E-state index contributed by atoms with van der Waals surface area (Å²) in [6.07, 6.45) is 1.76. The zero-order valence-electron chi connectivity index (χ0n) is 17.4. The third kappa shape index (κ3) is 4.55. The van der Waals surface area contributed by atoms with Crippen LogP contribution < -0.4 is 9.62 Å². The van der Waals surface area contributed by atoms with E-state index in [4.69, 9.17) is 0 Å². The highest BCUT2D eigenvalue weighted by atomic mass is 32.2. The summed E-state index contributed by atoms with van der Waals surface area (Å²) in [6.45, 7) is 0.559. The fourth-order valence-electron chi connectivity index (χ4n) is 3.27. The summed E-state index contributed by atoms with van der Waals surface area (Å²) in [7, 11) is -2.49. The Morgan fingerprint density at radius 2 is 1.53 bits per heavy atom. The summed E-state index contributed by atoms with van der Waals surface area (Å²) in [5.41, 5.74) is 1.63. The molecule has 32 heavy (non-hydrogen) atoms. The summed E-state index contributed by atoms with van der Waals surface area (Å²) >= 11 is 0. The van der Waals surface area contributed by atoms with Crippen molar-refractivity contribution in [1.29, 1.82) is 0 Å². The van der Waals surface area contributed by atoms with Crippen molar-refractivity contribution in [3.63, 3.8) is 0 Å². The zero-order valence-corrected chi connectivity index (χ0v) is 18.2. The molecule has 0 radical (unpaired) electrons. The maximum Gasteiger partial charge on any atom is 0.264 e. The van der Waals surface area contributed by atoms with E-state index in [0.29, 0.717) is 18.1 Å². The maximum absolute atomic E-state index is 13.2. The Hall–Kier alpha value is -3.91. The summed E-state index contributed by atoms with van der Waals surface area (Å²) in [4.78, 5) is 12.9. The van der Waals surface area contributed by atoms with E-state index in [1.165, 1.54) is 19.2 Å². The molecule has 162 valence electrons. The predicted octanol–water partition coefficient (Wildman–Crippen LogP) is 4.01. The minimum absolute atomic E-state index is 0.0490. The fourth-order valence-corrected chi connectivity index (χ4v) is 4.66. The molecule has 0 fully saturated rings. The standard InChI is InChI=1S/C24H22N4O3S/c1-27(20-12-6-3-7-13-20)32(30,31)22-15-9-8-14-21(22)24(29)25-23-16-17-28(26-23)18-19-10-4-2-5-11-19/h2-17H,18H2,1H3,(H,25,26,29). The Morgan fingerprint density at radius 1 is 0.906 bits per heavy atom. The van der Waals surface area contributed by atoms with Crippen LogP contribution in [0.15, 0.2) is 102 Å². The number of carbonyl (C=O) groups excluding carboxylic acids is 1. The molecule has 0 bridgehead atoms. The van der Waals surface area contributed by atoms with Gasteiger partial charge in [0.25, 0.3) is 15.9 Å². The third-order valence-corrected chi connectivity index (χ3v) is 6.80. The number of aromatic nitrogens is 2. The van der Waals surface area contributed by atoms with Crippen LogP contribution in [-0.2, 0) is 16.6 Å². The van der Waals surface area contributed by atoms with E-state index < -0.39 is 15.9 Å². The van der Waals surface area contributed by atoms with Gasteiger partial charge in [0.2, 0.25) is 0 Å². The molecule has 1 amide bonds. The lowest BCUT2D eigenvalue weighted by Crippen LogP contribution is -2.29. The van der Waals surface area contributed by atoms with E-state index in [2.05, 4.69) is 10.4 Å². The van der Waals surface area contributed by atoms with Gasteiger partial charge in [-0.15, -0.1) is 0 Å². The van der Waals surface area contributed by atoms with Crippen LogP contribution in [0.4, 0.5) is 11.5 Å². The molecule has 1 N–H and O–H groups in total. The molecule has 0 aliphatic rings. The van der Waals surface area contributed by atoms with Crippen LogP contribution in [0.2, 0.25) is 0 Å². The van der Waals surface area contributed by atoms with Crippen LogP contribution in [0.3, 0.4) is 0 Å². The molecule has 0 atom stereocenters. The molecule has 4 aromatic rings. The largest absolute Gasteiger partial charge is 0.305 e. The van der Waals surface area contributed by atoms with Crippen LogP contribution in [0, 0.1) is 0 Å². The quantitative estimate of drug-likeness (QED) is 0.465. The SMILES string of the molecule is CN(c1ccccc1)S(=O)(=O)c1ccccc1C(=O)Nc1ccn(Cc2ccccc2)n1. The normalized spacial score (nSPS) is 11.2. The number of nitrogens with one attached hydrogen (secondary N) is 1. The highest BCUT2D eigenvalue weighted by molar-refractivity contribution is 7.92. The first-order valence-electron chi connectivity index (χ1n) is 9.97. The topological polar surface area (TPSA) is 84.3 Å². The number of rotatable bonds is 7. The molecule has 8 heteroatoms. The van der Waals surface area contributed by atoms with Crippen molar-refractivity contribution in [3.05, 3.63) is 108 Å². The van der Waals surface area contributed by atoms with Crippen molar-refractivity contribution in [2.75, 3.05) is 16.7 Å². The minimum atomic E-state index is -3.95. The van der Waals surface area contributed by atoms with Gasteiger partial charge in [-0.1, -0.05) is 60.7 Å². The van der Waals surface area contributed by atoms with Crippen molar-refractivity contribution in [1.82, 2.24) is 9.78 Å². The molecule has 0 saturated carbocycles. The summed E-state index contributed by atoms with van der Waals surface area (Å²) in [5, 5.41) is 7.07. The number of anilines is 2. The number of sulfonamides is 1. The minimum Gasteiger partial charge on any atom is -0.305 e. The third-order valence-electron chi connectivity index (χ3n) is 4.96. The molecule has 1 heterocycles. The molecule has 0 aliphatic heterocycles. The van der Waals surface area contributed by atoms with Gasteiger partial charge in [-0.2, -0.15) is 5.10 Å². The van der Waals surface area contributed by atoms with Crippen molar-refractivity contribution in [2.24, 2.45) is 0 Å². The number of hydrogen-bond donors (Lipinski definition) is 1. The molecule has 0 aliphatic carbocycles. The maximum atomic E-state index is 13.2. The first kappa shape index (κ1) is 21.3. The number of carbonyl (C=O) groups is 1. The first-order valence-corrected chi connectivity index (χ1v) is 11.4. The molecule has 4 rings (SSSR count). The van der Waals surface area contributed by atoms with Gasteiger partial charge in [0.05, 0.1) is 17.8 Å². The molecule has 0 spiro atoms. The second-order valence-electron chi connectivity index (χ2n) is 7.14. The van der Waals surface area contributed by atoms with Crippen LogP contribution >= 0.6 is 0 Å². The number of hydrogen-bond acceptors (Lipinski definition) is 4. The Balaban J connectivity index is 1.56. The Kier molecular flexibility index (Phi) is 6.04. The van der Waals surface area contributed by atoms with Gasteiger partial charge in [-0.25, -0.2) is 8.42 Å². The van der Waals surface area contributed by atoms with Crippen molar-refractivity contribution in [2.45, 2.75) is 11.4 Å². The van der Waals surface area contributed by atoms with Crippen LogP contribution in [0.5, 0.6) is 0 Å². The number of benzene rings is 3. The van der Waals surface area contributed by atoms with Crippen LogP contribution in [0.1, 0.15) is 15.9 Å². The Morgan fingerprint density at radius 3 is 2.25 bits per heavy atom. The van der Waals surface area contributed by atoms with E-state index >= 15 is 0 Å². The van der Waals surface area contributed by atoms with Gasteiger partial charge in [0.15, 0.2) is 5.82 Å². The van der Waals surface area contributed by atoms with Crippen LogP contribution in [0.25, 0.3) is 0 Å². The highest BCUT2D eigenvalue weighted by Crippen LogP contribution is 2.25. The average Bonchev–Trinajstić information content (AvgIpc) is 3.26. The second kappa shape index (κ2) is 9.07. The Labute approximate surface area is 187 Å². The lowest BCUT2D eigenvalue weighted by molar-refractivity contribution is 0.102. The van der Waals surface area contributed by atoms with Gasteiger partial charge >= 0.3 is 0 Å². The highest BCUT2D eigenvalue weighted by Gasteiger charge is 2.27.